The highest BCUT2D eigenvalue weighted by Crippen LogP contribution is 2.16. The summed E-state index contributed by atoms with van der Waals surface area (Å²) in [6.45, 7) is 13.5. The maximum Gasteiger partial charge on any atom is 0.506 e. The van der Waals surface area contributed by atoms with Crippen LogP contribution in [0.15, 0.2) is 36.5 Å². The minimum Gasteiger partial charge on any atom is -0.458 e. The number of allylic oxidation sites excluding steroid dienone is 3. The van der Waals surface area contributed by atoms with Crippen molar-refractivity contribution in [2.75, 3.05) is 14.1 Å². The Balaban J connectivity index is -0.000000177. The Morgan fingerprint density at radius 3 is 1.41 bits per heavy atom. The number of hydrogen-bond donors (Lipinski definition) is 3. The van der Waals surface area contributed by atoms with Gasteiger partial charge in [0, 0.05) is 14.0 Å². The van der Waals surface area contributed by atoms with Gasteiger partial charge in [-0.3, -0.25) is 4.79 Å². The molecule has 10 nitrogen and oxygen atoms in total. The molecule has 1 amide bonds. The van der Waals surface area contributed by atoms with E-state index in [1.165, 1.54) is 58.9 Å². The van der Waals surface area contributed by atoms with Gasteiger partial charge in [0.05, 0.1) is 0 Å². The third-order valence-corrected chi connectivity index (χ3v) is 6.13. The molecule has 3 aliphatic rings. The number of nitrogens with one attached hydrogen (secondary N) is 1. The zero-order chi connectivity index (χ0) is 39.4. The number of amides is 1. The molecule has 0 radical (unpaired) electrons. The van der Waals surface area contributed by atoms with Gasteiger partial charge in [-0.05, 0) is 102 Å². The van der Waals surface area contributed by atoms with Crippen LogP contribution in [0, 0.1) is 0 Å². The van der Waals surface area contributed by atoms with Gasteiger partial charge in [0.2, 0.25) is 1.43 Å². The summed E-state index contributed by atoms with van der Waals surface area (Å²) < 4.78 is 39.1. The lowest BCUT2D eigenvalue weighted by atomic mass is 10.0. The van der Waals surface area contributed by atoms with Crippen molar-refractivity contribution in [3.63, 3.8) is 0 Å². The van der Waals surface area contributed by atoms with Crippen molar-refractivity contribution >= 4 is 18.2 Å². The smallest absolute Gasteiger partial charge is 0.458 e. The molecule has 0 saturated heterocycles. The number of hydrogen-bond acceptors (Lipinski definition) is 8. The first-order valence-corrected chi connectivity index (χ1v) is 17.3. The third kappa shape index (κ3) is 39.2. The maximum atomic E-state index is 11.1. The third-order valence-electron chi connectivity index (χ3n) is 6.13. The molecule has 0 aromatic rings. The molecule has 0 bridgehead atoms. The summed E-state index contributed by atoms with van der Waals surface area (Å²) in [4.78, 5) is 32.4. The lowest BCUT2D eigenvalue weighted by Crippen LogP contribution is -2.25. The number of alkyl carbamates (subject to hydrolysis) is 1. The fraction of sp³-hybridized carbons (Fsp3) is 0.750. The molecule has 46 heavy (non-hydrogen) atoms. The van der Waals surface area contributed by atoms with E-state index in [4.69, 9.17) is 25.4 Å². The molecule has 274 valence electrons. The van der Waals surface area contributed by atoms with E-state index in [1.807, 2.05) is 71.6 Å². The standard InChI is InChI=1S/C10H17NO2.C10H16O2.C9H14O3.3C2H6.CH5N.H2O/c1-11-10(12)13-9-7-5-3-2-4-6-8-9;1-9(11)12-10-7-5-3-2-4-6-8-10;10-9(11)12-8-6-4-2-1-3-5-7-8;4*1-2;/h5,7,9H,2-4,6,8H2,1H3,(H,11,12);5,7,10H,2-4,6,8H2,1H3;4,6,8H,1-3,5,7H2,(H,10,11);3*1-2H3;2H2,1H3;1H2/b2*7-5+;6-4+;;;;;/i/hD4. The summed E-state index contributed by atoms with van der Waals surface area (Å²) in [5.41, 5.74) is 8.25. The van der Waals surface area contributed by atoms with Crippen LogP contribution in [0.3, 0.4) is 0 Å². The molecule has 3 atom stereocenters. The van der Waals surface area contributed by atoms with Crippen molar-refractivity contribution in [2.24, 2.45) is 5.73 Å². The van der Waals surface area contributed by atoms with E-state index in [2.05, 4.69) is 17.3 Å². The molecular weight excluding hydrogens is 588 g/mol. The van der Waals surface area contributed by atoms with Crippen LogP contribution in [0.5, 0.6) is 0 Å². The topological polar surface area (TPSA) is 169 Å². The van der Waals surface area contributed by atoms with E-state index in [1.54, 1.807) is 7.05 Å². The monoisotopic (exact) mass is 665 g/mol. The molecule has 0 aromatic heterocycles. The Labute approximate surface area is 287 Å². The van der Waals surface area contributed by atoms with Crippen LogP contribution < -0.4 is 11.0 Å². The van der Waals surface area contributed by atoms with Gasteiger partial charge in [-0.1, -0.05) is 79.0 Å². The largest absolute Gasteiger partial charge is 0.506 e. The normalized spacial score (nSPS) is 22.7. The average Bonchev–Trinajstić information content (AvgIpc) is 3.09. The summed E-state index contributed by atoms with van der Waals surface area (Å²) in [6, 6.07) is 0. The summed E-state index contributed by atoms with van der Waals surface area (Å²) >= 11 is 0. The molecule has 3 aliphatic carbocycles. The predicted molar refractivity (Wildman–Crippen MR) is 192 cm³/mol. The van der Waals surface area contributed by atoms with E-state index in [-0.39, 0.29) is 24.3 Å². The quantitative estimate of drug-likeness (QED) is 0.152. The Morgan fingerprint density at radius 2 is 1.09 bits per heavy atom. The summed E-state index contributed by atoms with van der Waals surface area (Å²) in [7, 11) is 2.91. The Hall–Kier alpha value is -2.85. The molecule has 3 unspecified atom stereocenters. The fourth-order valence-corrected chi connectivity index (χ4v) is 4.20. The highest BCUT2D eigenvalue weighted by atomic mass is 16.7. The van der Waals surface area contributed by atoms with Crippen LogP contribution in [0.25, 0.3) is 1.43 Å². The van der Waals surface area contributed by atoms with Gasteiger partial charge >= 0.3 is 19.6 Å². The zero-order valence-corrected chi connectivity index (χ0v) is 30.6. The van der Waals surface area contributed by atoms with Crippen LogP contribution in [-0.2, 0) is 19.0 Å². The Bertz CT molecular complexity index is 819. The summed E-state index contributed by atoms with van der Waals surface area (Å²) in [5.74, 6) is -0.176. The number of nitrogens with two attached hydrogens (primary N) is 1. The number of carbonyl (C=O) groups is 3. The minimum atomic E-state index is -0.921. The van der Waals surface area contributed by atoms with Gasteiger partial charge in [0.25, 0.3) is 0 Å². The van der Waals surface area contributed by atoms with E-state index >= 15 is 0 Å². The van der Waals surface area contributed by atoms with Crippen LogP contribution in [-0.4, -0.2) is 61.2 Å². The lowest BCUT2D eigenvalue weighted by Gasteiger charge is -2.15. The average molecular weight is 665 g/mol. The highest BCUT2D eigenvalue weighted by molar-refractivity contribution is 5.67. The number of ether oxygens (including phenoxy) is 3. The molecular formula is C36H72N2O8. The van der Waals surface area contributed by atoms with Crippen molar-refractivity contribution in [1.82, 2.24) is 5.31 Å². The van der Waals surface area contributed by atoms with Crippen LogP contribution >= 0.6 is 0 Å². The molecule has 0 fully saturated rings. The van der Waals surface area contributed by atoms with Gasteiger partial charge in [-0.2, -0.15) is 0 Å². The molecule has 6 N–H and O–H groups in total. The second-order valence-electron chi connectivity index (χ2n) is 9.40. The van der Waals surface area contributed by atoms with E-state index in [9.17, 15) is 14.4 Å². The first kappa shape index (κ1) is 43.1. The first-order valence-electron chi connectivity index (χ1n) is 19.1. The van der Waals surface area contributed by atoms with Crippen molar-refractivity contribution in [3.8, 4) is 0 Å². The van der Waals surface area contributed by atoms with Crippen molar-refractivity contribution in [3.05, 3.63) is 36.5 Å². The highest BCUT2D eigenvalue weighted by Gasteiger charge is 2.12. The van der Waals surface area contributed by atoms with Gasteiger partial charge < -0.3 is 35.8 Å². The van der Waals surface area contributed by atoms with Gasteiger partial charge in [0.1, 0.15) is 19.7 Å². The number of carboxylic acid groups (broad SMARTS) is 1. The van der Waals surface area contributed by atoms with E-state index in [0.717, 1.165) is 51.4 Å². The summed E-state index contributed by atoms with van der Waals surface area (Å²) in [5, 5.41) is 4.39. The predicted octanol–water partition coefficient (Wildman–Crippen LogP) is 9.07. The molecule has 0 heterocycles. The van der Waals surface area contributed by atoms with Gasteiger partial charge in [-0.25, -0.2) is 9.59 Å². The van der Waals surface area contributed by atoms with Gasteiger partial charge in [0.15, 0.2) is 1.41 Å². The van der Waals surface area contributed by atoms with E-state index in [0.29, 0.717) is 5.31 Å². The van der Waals surface area contributed by atoms with Crippen molar-refractivity contribution in [1.29, 1.82) is 1.43 Å². The molecule has 0 aromatic carbocycles. The second kappa shape index (κ2) is 44.3. The van der Waals surface area contributed by atoms with Crippen LogP contribution in [0.2, 0.25) is 2.82 Å². The number of rotatable bonds is 3. The van der Waals surface area contributed by atoms with Crippen LogP contribution in [0.1, 0.15) is 146 Å². The van der Waals surface area contributed by atoms with Gasteiger partial charge in [-0.15, -0.1) is 0 Å². The molecule has 10 heteroatoms. The number of carbonyl (C=O) groups excluding carboxylic acids is 2. The second-order valence-corrected chi connectivity index (χ2v) is 9.40. The van der Waals surface area contributed by atoms with Crippen LogP contribution in [0.4, 0.5) is 9.59 Å². The van der Waals surface area contributed by atoms with Crippen molar-refractivity contribution < 1.29 is 43.4 Å². The number of esters is 1. The molecule has 3 rings (SSSR count). The molecule has 0 saturated carbocycles. The Morgan fingerprint density at radius 1 is 0.739 bits per heavy atom. The molecule has 0 aliphatic heterocycles. The maximum absolute atomic E-state index is 11.1. The Kier molecular flexibility index (Phi) is 41.5. The van der Waals surface area contributed by atoms with Crippen molar-refractivity contribution in [2.45, 2.75) is 163 Å². The minimum absolute atomic E-state index is 0.0304. The van der Waals surface area contributed by atoms with E-state index < -0.39 is 12.2 Å². The lowest BCUT2D eigenvalue weighted by molar-refractivity contribution is -0.144. The zero-order valence-electron chi connectivity index (χ0n) is 34.6. The summed E-state index contributed by atoms with van der Waals surface area (Å²) in [6.07, 6.45) is 26.7. The molecule has 0 spiro atoms. The SMILES string of the molecule is CC.CC.CC.CC(=O)OC1/C=C/CCCCC1.[2H]N(C)C(=O)OC1/C=C/CCCCC1.[2H]NC.[2H]O.[2H]OC(=O)OC1/C=C/CCCCC1. The fourth-order valence-electron chi connectivity index (χ4n) is 4.20. The first-order chi connectivity index (χ1) is 24.2.